The number of hydrogen-bond donors (Lipinski definition) is 0. The van der Waals surface area contributed by atoms with Gasteiger partial charge in [-0.25, -0.2) is 0 Å². The summed E-state index contributed by atoms with van der Waals surface area (Å²) in [7, 11) is 0. The van der Waals surface area contributed by atoms with Crippen LogP contribution >= 0.6 is 15.9 Å². The molecule has 1 unspecified atom stereocenters. The highest BCUT2D eigenvalue weighted by Gasteiger charge is 2.07. The molecule has 0 spiro atoms. The first kappa shape index (κ1) is 11.6. The number of ether oxygens (including phenoxy) is 1. The smallest absolute Gasteiger partial charge is 0.125 e. The van der Waals surface area contributed by atoms with Gasteiger partial charge >= 0.3 is 0 Å². The molecule has 78 valence electrons. The number of benzene rings is 1. The Kier molecular flexibility index (Phi) is 4.46. The highest BCUT2D eigenvalue weighted by molar-refractivity contribution is 9.09. The Labute approximate surface area is 94.6 Å². The minimum Gasteiger partial charge on any atom is -0.490 e. The van der Waals surface area contributed by atoms with Crippen LogP contribution in [0.2, 0.25) is 0 Å². The largest absolute Gasteiger partial charge is 0.490 e. The van der Waals surface area contributed by atoms with Crippen molar-refractivity contribution >= 4 is 15.9 Å². The molecule has 0 amide bonds. The summed E-state index contributed by atoms with van der Waals surface area (Å²) < 4.78 is 5.89. The molecule has 0 aliphatic rings. The Morgan fingerprint density at radius 3 is 2.36 bits per heavy atom. The Hall–Kier alpha value is -0.500. The molecule has 0 aliphatic carbocycles. The first-order valence-electron chi connectivity index (χ1n) is 4.94. The van der Waals surface area contributed by atoms with Gasteiger partial charge in [0.05, 0.1) is 6.10 Å². The molecule has 2 heteroatoms. The van der Waals surface area contributed by atoms with Gasteiger partial charge in [0.25, 0.3) is 0 Å². The topological polar surface area (TPSA) is 9.23 Å². The van der Waals surface area contributed by atoms with Crippen LogP contribution in [-0.2, 0) is 0 Å². The van der Waals surface area contributed by atoms with Crippen molar-refractivity contribution in [3.05, 3.63) is 29.3 Å². The minimum absolute atomic E-state index is 0.272. The van der Waals surface area contributed by atoms with Gasteiger partial charge in [-0.05, 0) is 38.3 Å². The van der Waals surface area contributed by atoms with E-state index >= 15 is 0 Å². The van der Waals surface area contributed by atoms with Crippen molar-refractivity contribution in [3.63, 3.8) is 0 Å². The SMILES string of the molecule is Cc1cccc(C)c1OC(C)CCBr. The maximum absolute atomic E-state index is 5.89. The van der Waals surface area contributed by atoms with E-state index < -0.39 is 0 Å². The van der Waals surface area contributed by atoms with E-state index in [2.05, 4.69) is 54.9 Å². The third-order valence-corrected chi connectivity index (χ3v) is 2.70. The summed E-state index contributed by atoms with van der Waals surface area (Å²) in [6, 6.07) is 6.24. The van der Waals surface area contributed by atoms with Gasteiger partial charge in [-0.15, -0.1) is 0 Å². The van der Waals surface area contributed by atoms with Gasteiger partial charge in [-0.1, -0.05) is 34.1 Å². The zero-order valence-corrected chi connectivity index (χ0v) is 10.6. The molecule has 0 saturated carbocycles. The Morgan fingerprint density at radius 2 is 1.86 bits per heavy atom. The molecule has 1 rings (SSSR count). The number of alkyl halides is 1. The van der Waals surface area contributed by atoms with Crippen LogP contribution in [0, 0.1) is 13.8 Å². The quantitative estimate of drug-likeness (QED) is 0.744. The summed E-state index contributed by atoms with van der Waals surface area (Å²) >= 11 is 3.42. The molecule has 1 aromatic rings. The average molecular weight is 257 g/mol. The van der Waals surface area contributed by atoms with E-state index in [1.807, 2.05) is 0 Å². The van der Waals surface area contributed by atoms with Crippen LogP contribution in [0.15, 0.2) is 18.2 Å². The van der Waals surface area contributed by atoms with Gasteiger partial charge in [0.1, 0.15) is 5.75 Å². The molecule has 0 aromatic heterocycles. The van der Waals surface area contributed by atoms with E-state index in [0.717, 1.165) is 17.5 Å². The molecule has 14 heavy (non-hydrogen) atoms. The lowest BCUT2D eigenvalue weighted by molar-refractivity contribution is 0.216. The molecule has 0 heterocycles. The fraction of sp³-hybridized carbons (Fsp3) is 0.500. The number of halogens is 1. The van der Waals surface area contributed by atoms with E-state index in [1.165, 1.54) is 11.1 Å². The van der Waals surface area contributed by atoms with Crippen LogP contribution in [0.1, 0.15) is 24.5 Å². The Bertz CT molecular complexity index is 276. The molecule has 1 atom stereocenters. The van der Waals surface area contributed by atoms with Gasteiger partial charge in [0, 0.05) is 5.33 Å². The molecule has 0 bridgehead atoms. The number of hydrogen-bond acceptors (Lipinski definition) is 1. The van der Waals surface area contributed by atoms with Gasteiger partial charge in [0.2, 0.25) is 0 Å². The molecule has 0 fully saturated rings. The molecule has 0 aliphatic heterocycles. The summed E-state index contributed by atoms with van der Waals surface area (Å²) in [4.78, 5) is 0. The van der Waals surface area contributed by atoms with Crippen LogP contribution in [0.5, 0.6) is 5.75 Å². The average Bonchev–Trinajstić information content (AvgIpc) is 2.12. The summed E-state index contributed by atoms with van der Waals surface area (Å²) in [5.41, 5.74) is 2.43. The van der Waals surface area contributed by atoms with Crippen LogP contribution in [0.25, 0.3) is 0 Å². The van der Waals surface area contributed by atoms with Crippen molar-refractivity contribution in [1.82, 2.24) is 0 Å². The summed E-state index contributed by atoms with van der Waals surface area (Å²) in [5, 5.41) is 0.985. The summed E-state index contributed by atoms with van der Waals surface area (Å²) in [6.45, 7) is 6.28. The van der Waals surface area contributed by atoms with Crippen LogP contribution in [0.3, 0.4) is 0 Å². The van der Waals surface area contributed by atoms with Crippen molar-refractivity contribution in [2.75, 3.05) is 5.33 Å². The van der Waals surface area contributed by atoms with Gasteiger partial charge in [-0.3, -0.25) is 0 Å². The molecule has 0 radical (unpaired) electrons. The monoisotopic (exact) mass is 256 g/mol. The van der Waals surface area contributed by atoms with E-state index in [0.29, 0.717) is 0 Å². The molecule has 1 nitrogen and oxygen atoms in total. The van der Waals surface area contributed by atoms with E-state index in [9.17, 15) is 0 Å². The van der Waals surface area contributed by atoms with Crippen molar-refractivity contribution < 1.29 is 4.74 Å². The normalized spacial score (nSPS) is 12.6. The van der Waals surface area contributed by atoms with Crippen LogP contribution in [-0.4, -0.2) is 11.4 Å². The maximum Gasteiger partial charge on any atom is 0.125 e. The number of para-hydroxylation sites is 1. The molecule has 0 saturated heterocycles. The van der Waals surface area contributed by atoms with Crippen LogP contribution < -0.4 is 4.74 Å². The zero-order chi connectivity index (χ0) is 10.6. The van der Waals surface area contributed by atoms with E-state index in [-0.39, 0.29) is 6.10 Å². The second kappa shape index (κ2) is 5.40. The Morgan fingerprint density at radius 1 is 1.29 bits per heavy atom. The maximum atomic E-state index is 5.89. The van der Waals surface area contributed by atoms with Crippen molar-refractivity contribution in [3.8, 4) is 5.75 Å². The predicted octanol–water partition coefficient (Wildman–Crippen LogP) is 3.86. The molecular formula is C12H17BrO. The third-order valence-electron chi connectivity index (χ3n) is 2.24. The lowest BCUT2D eigenvalue weighted by Crippen LogP contribution is -2.13. The summed E-state index contributed by atoms with van der Waals surface area (Å²) in [5.74, 6) is 1.04. The van der Waals surface area contributed by atoms with Gasteiger partial charge < -0.3 is 4.74 Å². The second-order valence-electron chi connectivity index (χ2n) is 3.63. The van der Waals surface area contributed by atoms with Crippen molar-refractivity contribution in [1.29, 1.82) is 0 Å². The molecule has 1 aromatic carbocycles. The number of rotatable bonds is 4. The third kappa shape index (κ3) is 3.02. The highest BCUT2D eigenvalue weighted by Crippen LogP contribution is 2.24. The van der Waals surface area contributed by atoms with Crippen molar-refractivity contribution in [2.24, 2.45) is 0 Å². The van der Waals surface area contributed by atoms with E-state index in [4.69, 9.17) is 4.74 Å². The summed E-state index contributed by atoms with van der Waals surface area (Å²) in [6.07, 6.45) is 1.31. The van der Waals surface area contributed by atoms with E-state index in [1.54, 1.807) is 0 Å². The minimum atomic E-state index is 0.272. The lowest BCUT2D eigenvalue weighted by atomic mass is 10.1. The molecular weight excluding hydrogens is 240 g/mol. The second-order valence-corrected chi connectivity index (χ2v) is 4.42. The van der Waals surface area contributed by atoms with Gasteiger partial charge in [0.15, 0.2) is 0 Å². The standard InChI is InChI=1S/C12H17BrO/c1-9-5-4-6-10(2)12(9)14-11(3)7-8-13/h4-6,11H,7-8H2,1-3H3. The molecule has 0 N–H and O–H groups in total. The van der Waals surface area contributed by atoms with Crippen LogP contribution in [0.4, 0.5) is 0 Å². The van der Waals surface area contributed by atoms with Gasteiger partial charge in [-0.2, -0.15) is 0 Å². The fourth-order valence-corrected chi connectivity index (χ4v) is 2.04. The predicted molar refractivity (Wildman–Crippen MR) is 64.4 cm³/mol. The first-order valence-corrected chi connectivity index (χ1v) is 6.06. The number of aryl methyl sites for hydroxylation is 2. The fourth-order valence-electron chi connectivity index (χ4n) is 1.40. The zero-order valence-electron chi connectivity index (χ0n) is 9.01. The Balaban J connectivity index is 2.75. The van der Waals surface area contributed by atoms with Crippen molar-refractivity contribution in [2.45, 2.75) is 33.3 Å². The lowest BCUT2D eigenvalue weighted by Gasteiger charge is -2.17. The first-order chi connectivity index (χ1) is 6.65. The highest BCUT2D eigenvalue weighted by atomic mass is 79.9.